The third kappa shape index (κ3) is 3.05. The maximum absolute atomic E-state index is 11.7. The van der Waals surface area contributed by atoms with E-state index in [4.69, 9.17) is 4.74 Å². The van der Waals surface area contributed by atoms with Crippen LogP contribution in [0.15, 0.2) is 0 Å². The van der Waals surface area contributed by atoms with E-state index >= 15 is 0 Å². The van der Waals surface area contributed by atoms with Gasteiger partial charge in [-0.15, -0.1) is 0 Å². The summed E-state index contributed by atoms with van der Waals surface area (Å²) in [7, 11) is 0. The van der Waals surface area contributed by atoms with E-state index < -0.39 is 0 Å². The van der Waals surface area contributed by atoms with E-state index in [2.05, 4.69) is 25.7 Å². The van der Waals surface area contributed by atoms with Crippen LogP contribution in [-0.2, 0) is 9.53 Å². The van der Waals surface area contributed by atoms with Gasteiger partial charge in [0.1, 0.15) is 6.10 Å². The Morgan fingerprint density at radius 2 is 2.11 bits per heavy atom. The summed E-state index contributed by atoms with van der Waals surface area (Å²) in [5, 5.41) is 0. The maximum Gasteiger partial charge on any atom is 0.312 e. The number of hydrogen-bond acceptors (Lipinski definition) is 3. The van der Waals surface area contributed by atoms with Crippen LogP contribution in [0.4, 0.5) is 0 Å². The zero-order valence-corrected chi connectivity index (χ0v) is 12.1. The van der Waals surface area contributed by atoms with Gasteiger partial charge < -0.3 is 4.74 Å². The number of ether oxygens (including phenoxy) is 1. The Kier molecular flexibility index (Phi) is 4.31. The smallest absolute Gasteiger partial charge is 0.312 e. The molecular formula is C15H27NO2. The minimum absolute atomic E-state index is 0.0449. The molecule has 2 aliphatic rings. The van der Waals surface area contributed by atoms with Crippen molar-refractivity contribution in [2.45, 2.75) is 71.4 Å². The topological polar surface area (TPSA) is 29.5 Å². The van der Waals surface area contributed by atoms with Crippen molar-refractivity contribution in [2.75, 3.05) is 13.1 Å². The van der Waals surface area contributed by atoms with Crippen molar-refractivity contribution in [1.29, 1.82) is 0 Å². The molecule has 3 heteroatoms. The number of carbonyl (C=O) groups excluding carboxylic acids is 1. The summed E-state index contributed by atoms with van der Waals surface area (Å²) in [5.41, 5.74) is -0.0449. The largest absolute Gasteiger partial charge is 0.461 e. The van der Waals surface area contributed by atoms with Crippen LogP contribution in [0.3, 0.4) is 0 Å². The average Bonchev–Trinajstić information content (AvgIpc) is 3.01. The molecule has 0 aromatic rings. The first-order valence-corrected chi connectivity index (χ1v) is 7.52. The van der Waals surface area contributed by atoms with Crippen molar-refractivity contribution in [2.24, 2.45) is 5.41 Å². The summed E-state index contributed by atoms with van der Waals surface area (Å²) < 4.78 is 5.55. The Hall–Kier alpha value is -0.570. The monoisotopic (exact) mass is 253 g/mol. The van der Waals surface area contributed by atoms with Gasteiger partial charge in [-0.1, -0.05) is 19.8 Å². The third-order valence-corrected chi connectivity index (χ3v) is 4.40. The Morgan fingerprint density at radius 3 is 2.61 bits per heavy atom. The molecule has 0 amide bonds. The fraction of sp³-hybridized carbons (Fsp3) is 0.933. The molecule has 3 nitrogen and oxygen atoms in total. The van der Waals surface area contributed by atoms with Gasteiger partial charge in [-0.05, 0) is 39.7 Å². The quantitative estimate of drug-likeness (QED) is 0.516. The van der Waals surface area contributed by atoms with Gasteiger partial charge in [0.2, 0.25) is 0 Å². The Morgan fingerprint density at radius 1 is 1.39 bits per heavy atom. The van der Waals surface area contributed by atoms with Crippen molar-refractivity contribution in [3.05, 3.63) is 0 Å². The van der Waals surface area contributed by atoms with Crippen molar-refractivity contribution in [1.82, 2.24) is 4.90 Å². The molecule has 1 unspecified atom stereocenters. The van der Waals surface area contributed by atoms with Crippen LogP contribution in [0.2, 0.25) is 0 Å². The van der Waals surface area contributed by atoms with E-state index in [-0.39, 0.29) is 17.5 Å². The van der Waals surface area contributed by atoms with Crippen LogP contribution in [0.25, 0.3) is 0 Å². The van der Waals surface area contributed by atoms with Gasteiger partial charge >= 0.3 is 5.97 Å². The fourth-order valence-corrected chi connectivity index (χ4v) is 2.88. The second-order valence-corrected chi connectivity index (χ2v) is 6.31. The summed E-state index contributed by atoms with van der Waals surface area (Å²) in [6.45, 7) is 8.75. The molecule has 2 fully saturated rings. The summed E-state index contributed by atoms with van der Waals surface area (Å²) in [6, 6.07) is 0.538. The highest BCUT2D eigenvalue weighted by Gasteiger charge is 2.57. The van der Waals surface area contributed by atoms with Crippen LogP contribution >= 0.6 is 0 Å². The normalized spacial score (nSPS) is 25.2. The molecule has 0 radical (unpaired) electrons. The minimum atomic E-state index is -0.0449. The zero-order valence-electron chi connectivity index (χ0n) is 12.1. The summed E-state index contributed by atoms with van der Waals surface area (Å²) in [5.74, 6) is 0.0739. The van der Waals surface area contributed by atoms with Crippen LogP contribution < -0.4 is 0 Å². The molecule has 0 N–H and O–H groups in total. The number of unbranched alkanes of at least 4 members (excludes halogenated alkanes) is 2. The number of carbonyl (C=O) groups is 1. The zero-order chi connectivity index (χ0) is 13.2. The maximum atomic E-state index is 11.7. The lowest BCUT2D eigenvalue weighted by Gasteiger charge is -2.28. The summed E-state index contributed by atoms with van der Waals surface area (Å²) >= 11 is 0. The first-order chi connectivity index (χ1) is 8.57. The molecule has 1 aliphatic carbocycles. The van der Waals surface area contributed by atoms with Crippen molar-refractivity contribution in [3.63, 3.8) is 0 Å². The van der Waals surface area contributed by atoms with Crippen molar-refractivity contribution >= 4 is 5.97 Å². The molecule has 1 aliphatic heterocycles. The van der Waals surface area contributed by atoms with E-state index in [1.165, 1.54) is 19.3 Å². The molecule has 1 atom stereocenters. The van der Waals surface area contributed by atoms with E-state index in [9.17, 15) is 4.79 Å². The molecule has 1 saturated heterocycles. The highest BCUT2D eigenvalue weighted by molar-refractivity contribution is 5.82. The second kappa shape index (κ2) is 5.60. The molecule has 18 heavy (non-hydrogen) atoms. The number of hydrogen-bond donors (Lipinski definition) is 0. The van der Waals surface area contributed by atoms with E-state index in [0.29, 0.717) is 6.04 Å². The molecule has 0 aromatic carbocycles. The molecular weight excluding hydrogens is 226 g/mol. The number of rotatable bonds is 7. The number of nitrogens with zero attached hydrogens (tertiary/aromatic N) is 1. The van der Waals surface area contributed by atoms with Gasteiger partial charge in [0.25, 0.3) is 0 Å². The minimum Gasteiger partial charge on any atom is -0.461 e. The summed E-state index contributed by atoms with van der Waals surface area (Å²) in [4.78, 5) is 14.2. The molecule has 1 heterocycles. The molecule has 1 spiro atoms. The van der Waals surface area contributed by atoms with Gasteiger partial charge in [-0.25, -0.2) is 0 Å². The molecule has 1 saturated carbocycles. The highest BCUT2D eigenvalue weighted by atomic mass is 16.6. The van der Waals surface area contributed by atoms with Gasteiger partial charge in [0.05, 0.1) is 5.41 Å². The Balaban J connectivity index is 1.80. The van der Waals surface area contributed by atoms with E-state index in [1.54, 1.807) is 0 Å². The van der Waals surface area contributed by atoms with Gasteiger partial charge in [0, 0.05) is 19.0 Å². The van der Waals surface area contributed by atoms with Gasteiger partial charge in [0.15, 0.2) is 0 Å². The predicted octanol–water partition coefficient (Wildman–Crippen LogP) is 2.98. The number of esters is 1. The van der Waals surface area contributed by atoms with Crippen molar-refractivity contribution in [3.8, 4) is 0 Å². The Bertz CT molecular complexity index is 297. The lowest BCUT2D eigenvalue weighted by molar-refractivity contribution is -0.145. The first-order valence-electron chi connectivity index (χ1n) is 7.52. The standard InChI is InChI=1S/C15H27NO2/c1-4-5-6-9-16(12(2)3)11-13-10-15(7-8-15)14(17)18-13/h12-13H,4-11H2,1-3H3. The highest BCUT2D eigenvalue weighted by Crippen LogP contribution is 2.54. The van der Waals surface area contributed by atoms with Crippen LogP contribution in [-0.4, -0.2) is 36.1 Å². The second-order valence-electron chi connectivity index (χ2n) is 6.31. The van der Waals surface area contributed by atoms with E-state index in [0.717, 1.165) is 32.4 Å². The first kappa shape index (κ1) is 13.9. The van der Waals surface area contributed by atoms with Gasteiger partial charge in [-0.2, -0.15) is 0 Å². The fourth-order valence-electron chi connectivity index (χ4n) is 2.88. The van der Waals surface area contributed by atoms with Gasteiger partial charge in [-0.3, -0.25) is 9.69 Å². The molecule has 0 aromatic heterocycles. The Labute approximate surface area is 111 Å². The summed E-state index contributed by atoms with van der Waals surface area (Å²) in [6.07, 6.45) is 7.01. The number of cyclic esters (lactones) is 1. The SMILES string of the molecule is CCCCCN(CC1CC2(CC2)C(=O)O1)C(C)C. The molecule has 2 rings (SSSR count). The van der Waals surface area contributed by atoms with Crippen LogP contribution in [0.5, 0.6) is 0 Å². The van der Waals surface area contributed by atoms with Crippen molar-refractivity contribution < 1.29 is 9.53 Å². The van der Waals surface area contributed by atoms with Crippen LogP contribution in [0, 0.1) is 5.41 Å². The third-order valence-electron chi connectivity index (χ3n) is 4.40. The van der Waals surface area contributed by atoms with Crippen LogP contribution in [0.1, 0.15) is 59.3 Å². The lowest BCUT2D eigenvalue weighted by Crippen LogP contribution is -2.38. The molecule has 104 valence electrons. The van der Waals surface area contributed by atoms with E-state index in [1.807, 2.05) is 0 Å². The molecule has 0 bridgehead atoms. The predicted molar refractivity (Wildman–Crippen MR) is 72.4 cm³/mol. The lowest BCUT2D eigenvalue weighted by atomic mass is 10.0. The average molecular weight is 253 g/mol.